The molecule has 0 aliphatic carbocycles. The molecule has 0 radical (unpaired) electrons. The minimum absolute atomic E-state index is 0.209. The van der Waals surface area contributed by atoms with Crippen LogP contribution >= 0.6 is 23.4 Å². The molecule has 0 saturated carbocycles. The molecule has 30 heavy (non-hydrogen) atoms. The van der Waals surface area contributed by atoms with Gasteiger partial charge in [0.05, 0.1) is 22.2 Å². The van der Waals surface area contributed by atoms with E-state index in [-0.39, 0.29) is 5.91 Å². The zero-order valence-electron chi connectivity index (χ0n) is 15.4. The quantitative estimate of drug-likeness (QED) is 0.486. The van der Waals surface area contributed by atoms with Gasteiger partial charge in [0, 0.05) is 5.02 Å². The first-order valence-electron chi connectivity index (χ1n) is 8.97. The van der Waals surface area contributed by atoms with Crippen molar-refractivity contribution in [2.45, 2.75) is 0 Å². The Morgan fingerprint density at radius 1 is 1.07 bits per heavy atom. The first-order valence-corrected chi connectivity index (χ1v) is 10.2. The number of nitrogens with one attached hydrogen (secondary N) is 1. The van der Waals surface area contributed by atoms with E-state index in [2.05, 4.69) is 25.4 Å². The zero-order chi connectivity index (χ0) is 20.5. The van der Waals surface area contributed by atoms with Crippen LogP contribution in [0.3, 0.4) is 0 Å². The summed E-state index contributed by atoms with van der Waals surface area (Å²) in [7, 11) is 0. The summed E-state index contributed by atoms with van der Waals surface area (Å²) in [5.74, 6) is 0.233. The van der Waals surface area contributed by atoms with E-state index in [1.165, 1.54) is 18.1 Å². The molecule has 1 fully saturated rings. The monoisotopic (exact) mass is 432 g/mol. The van der Waals surface area contributed by atoms with Crippen LogP contribution < -0.4 is 5.32 Å². The van der Waals surface area contributed by atoms with Crippen LogP contribution in [0.4, 0.5) is 5.82 Å². The van der Waals surface area contributed by atoms with E-state index in [4.69, 9.17) is 11.6 Å². The Kier molecular flexibility index (Phi) is 4.78. The summed E-state index contributed by atoms with van der Waals surface area (Å²) in [6.45, 7) is 0. The van der Waals surface area contributed by atoms with Crippen molar-refractivity contribution in [3.63, 3.8) is 0 Å². The van der Waals surface area contributed by atoms with E-state index < -0.39 is 0 Å². The van der Waals surface area contributed by atoms with Gasteiger partial charge in [-0.2, -0.15) is 5.10 Å². The molecule has 2 aromatic heterocycles. The highest BCUT2D eigenvalue weighted by Gasteiger charge is 2.24. The number of carbonyl (C=O) groups excluding carboxylic acids is 1. The van der Waals surface area contributed by atoms with Crippen LogP contribution in [0.25, 0.3) is 22.8 Å². The number of hydrogen-bond acceptors (Lipinski definition) is 6. The van der Waals surface area contributed by atoms with Gasteiger partial charge >= 0.3 is 0 Å². The second-order valence-electron chi connectivity index (χ2n) is 6.36. The minimum atomic E-state index is -0.209. The molecule has 0 spiro atoms. The Bertz CT molecular complexity index is 1310. The molecule has 1 saturated heterocycles. The third-order valence-corrected chi connectivity index (χ3v) is 5.53. The Labute approximate surface area is 180 Å². The molecule has 9 heteroatoms. The number of thioether (sulfide) groups is 1. The largest absolute Gasteiger partial charge is 0.300 e. The van der Waals surface area contributed by atoms with Gasteiger partial charge in [0.2, 0.25) is 0 Å². The number of carbonyl (C=O) groups is 1. The topological polar surface area (TPSA) is 85.1 Å². The highest BCUT2D eigenvalue weighted by molar-refractivity contribution is 8.18. The predicted molar refractivity (Wildman–Crippen MR) is 119 cm³/mol. The van der Waals surface area contributed by atoms with Crippen LogP contribution in [0, 0.1) is 0 Å². The van der Waals surface area contributed by atoms with E-state index in [1.807, 2.05) is 42.5 Å². The summed E-state index contributed by atoms with van der Waals surface area (Å²) < 4.78 is 1.73. The first-order chi connectivity index (χ1) is 14.7. The van der Waals surface area contributed by atoms with E-state index in [9.17, 15) is 4.79 Å². The van der Waals surface area contributed by atoms with Crippen molar-refractivity contribution >= 4 is 57.4 Å². The summed E-state index contributed by atoms with van der Waals surface area (Å²) in [5, 5.41) is 8.99. The number of halogens is 1. The smallest absolute Gasteiger partial charge is 0.264 e. The van der Waals surface area contributed by atoms with Gasteiger partial charge in [-0.3, -0.25) is 4.79 Å². The lowest BCUT2D eigenvalue weighted by molar-refractivity contribution is -0.115. The highest BCUT2D eigenvalue weighted by Crippen LogP contribution is 2.30. The van der Waals surface area contributed by atoms with Gasteiger partial charge in [0.15, 0.2) is 16.6 Å². The SMILES string of the molecule is O=C1N/C(=N\c2ncnc3c2cnn3-c2ccccc2)S/C1=C\c1ccc(Cl)cc1. The Morgan fingerprint density at radius 2 is 1.87 bits per heavy atom. The van der Waals surface area contributed by atoms with Gasteiger partial charge < -0.3 is 5.32 Å². The van der Waals surface area contributed by atoms with Gasteiger partial charge in [0.25, 0.3) is 5.91 Å². The Morgan fingerprint density at radius 3 is 2.67 bits per heavy atom. The number of benzene rings is 2. The lowest BCUT2D eigenvalue weighted by Gasteiger charge is -2.02. The van der Waals surface area contributed by atoms with Gasteiger partial charge in [0.1, 0.15) is 6.33 Å². The summed E-state index contributed by atoms with van der Waals surface area (Å²) in [5.41, 5.74) is 2.41. The second-order valence-corrected chi connectivity index (χ2v) is 7.83. The number of rotatable bonds is 3. The molecule has 1 aliphatic rings. The van der Waals surface area contributed by atoms with Crippen LogP contribution in [-0.2, 0) is 4.79 Å². The number of amides is 1. The maximum absolute atomic E-state index is 12.3. The number of aromatic nitrogens is 4. The lowest BCUT2D eigenvalue weighted by Crippen LogP contribution is -2.19. The van der Waals surface area contributed by atoms with Crippen molar-refractivity contribution in [3.8, 4) is 5.69 Å². The van der Waals surface area contributed by atoms with Crippen molar-refractivity contribution in [1.29, 1.82) is 0 Å². The van der Waals surface area contributed by atoms with Crippen molar-refractivity contribution in [2.24, 2.45) is 4.99 Å². The summed E-state index contributed by atoms with van der Waals surface area (Å²) in [4.78, 5) is 26.0. The number of para-hydroxylation sites is 1. The molecular weight excluding hydrogens is 420 g/mol. The third-order valence-electron chi connectivity index (χ3n) is 4.37. The standard InChI is InChI=1S/C21H13ClN6OS/c22-14-8-6-13(7-9-14)10-17-20(29)27-21(30-17)26-18-16-11-25-28(19(16)24-12-23-18)15-4-2-1-3-5-15/h1-12H,(H,23,24,26,27,29)/b17-10-. The molecule has 3 heterocycles. The summed E-state index contributed by atoms with van der Waals surface area (Å²) in [6, 6.07) is 17.0. The van der Waals surface area contributed by atoms with Gasteiger partial charge in [-0.1, -0.05) is 41.9 Å². The average Bonchev–Trinajstić information content (AvgIpc) is 3.34. The molecule has 0 unspecified atom stereocenters. The fraction of sp³-hybridized carbons (Fsp3) is 0. The summed E-state index contributed by atoms with van der Waals surface area (Å²) >= 11 is 7.17. The van der Waals surface area contributed by atoms with Crippen LogP contribution in [-0.4, -0.2) is 30.8 Å². The van der Waals surface area contributed by atoms with Crippen LogP contribution in [0.2, 0.25) is 5.02 Å². The maximum atomic E-state index is 12.3. The maximum Gasteiger partial charge on any atom is 0.264 e. The number of fused-ring (bicyclic) bond motifs is 1. The number of nitrogens with zero attached hydrogens (tertiary/aromatic N) is 5. The van der Waals surface area contributed by atoms with E-state index in [0.29, 0.717) is 31.9 Å². The molecule has 0 bridgehead atoms. The zero-order valence-corrected chi connectivity index (χ0v) is 16.9. The molecule has 1 N–H and O–H groups in total. The predicted octanol–water partition coefficient (Wildman–Crippen LogP) is 4.36. The van der Waals surface area contributed by atoms with Crippen molar-refractivity contribution in [1.82, 2.24) is 25.1 Å². The van der Waals surface area contributed by atoms with E-state index in [1.54, 1.807) is 29.1 Å². The molecular formula is C21H13ClN6OS. The molecule has 146 valence electrons. The van der Waals surface area contributed by atoms with E-state index >= 15 is 0 Å². The number of amidine groups is 1. The number of aliphatic imine (C=N–C) groups is 1. The summed E-state index contributed by atoms with van der Waals surface area (Å²) in [6.07, 6.45) is 4.91. The molecule has 1 aliphatic heterocycles. The third kappa shape index (κ3) is 3.58. The Balaban J connectivity index is 1.47. The Hall–Kier alpha value is -3.49. The van der Waals surface area contributed by atoms with Crippen molar-refractivity contribution in [3.05, 3.63) is 82.6 Å². The van der Waals surface area contributed by atoms with Crippen LogP contribution in [0.1, 0.15) is 5.56 Å². The van der Waals surface area contributed by atoms with Gasteiger partial charge in [-0.05, 0) is 47.7 Å². The lowest BCUT2D eigenvalue weighted by atomic mass is 10.2. The van der Waals surface area contributed by atoms with E-state index in [0.717, 1.165) is 11.3 Å². The van der Waals surface area contributed by atoms with Gasteiger partial charge in [-0.15, -0.1) is 0 Å². The van der Waals surface area contributed by atoms with Crippen molar-refractivity contribution < 1.29 is 4.79 Å². The minimum Gasteiger partial charge on any atom is -0.300 e. The van der Waals surface area contributed by atoms with Crippen LogP contribution in [0.5, 0.6) is 0 Å². The molecule has 2 aromatic carbocycles. The van der Waals surface area contributed by atoms with Crippen LogP contribution in [0.15, 0.2) is 77.0 Å². The average molecular weight is 433 g/mol. The fourth-order valence-electron chi connectivity index (χ4n) is 2.97. The number of hydrogen-bond donors (Lipinski definition) is 1. The first kappa shape index (κ1) is 18.5. The van der Waals surface area contributed by atoms with Gasteiger partial charge in [-0.25, -0.2) is 19.6 Å². The fourth-order valence-corrected chi connectivity index (χ4v) is 3.91. The molecule has 7 nitrogen and oxygen atoms in total. The van der Waals surface area contributed by atoms with Crippen molar-refractivity contribution in [2.75, 3.05) is 0 Å². The second kappa shape index (κ2) is 7.74. The molecule has 5 rings (SSSR count). The molecule has 1 amide bonds. The molecule has 0 atom stereocenters. The normalized spacial score (nSPS) is 16.5. The molecule has 4 aromatic rings. The highest BCUT2D eigenvalue weighted by atomic mass is 35.5.